The molecule has 0 unspecified atom stereocenters. The highest BCUT2D eigenvalue weighted by Crippen LogP contribution is 2.35. The number of likely N-dealkylation sites (tertiary alicyclic amines) is 1. The third-order valence-corrected chi connectivity index (χ3v) is 12.3. The van der Waals surface area contributed by atoms with Gasteiger partial charge < -0.3 is 29.0 Å². The second-order valence-electron chi connectivity index (χ2n) is 14.9. The Balaban J connectivity index is 1.31. The Morgan fingerprint density at radius 1 is 1.00 bits per heavy atom. The molecular weight excluding hydrogens is 727 g/mol. The fourth-order valence-corrected chi connectivity index (χ4v) is 8.33. The van der Waals surface area contributed by atoms with Gasteiger partial charge in [0.2, 0.25) is 5.91 Å². The van der Waals surface area contributed by atoms with E-state index in [0.29, 0.717) is 17.6 Å². The van der Waals surface area contributed by atoms with E-state index < -0.39 is 66.1 Å². The highest BCUT2D eigenvalue weighted by atomic mass is 32.3. The summed E-state index contributed by atoms with van der Waals surface area (Å²) in [5, 5.41) is 2.41. The van der Waals surface area contributed by atoms with Crippen LogP contribution >= 0.6 is 10.0 Å². The molecule has 1 saturated heterocycles. The Bertz CT molecular complexity index is 2000. The molecule has 15 heteroatoms. The molecule has 0 radical (unpaired) electrons. The second-order valence-corrected chi connectivity index (χ2v) is 21.8. The zero-order valence-electron chi connectivity index (χ0n) is 30.9. The number of piperidine rings is 1. The van der Waals surface area contributed by atoms with Crippen LogP contribution in [-0.4, -0.2) is 96.0 Å². The molecule has 1 atom stereocenters. The standard InChI is InChI=1S/C38H48F2N4O7S2/c1-38(2,3)51-37(46)42-32(36(45)43-17-13-28(14-18-43)53(47,48)27-10-8-7-9-11-27)24-26-22-30(39)34(31(40)23-26)50-33-12-16-41-35-29(33)15-19-44(35)25-49-20-21-52(4,5)6/h7-12,15-16,19,22-23,28,32H,13-14,17-18,20-21,24-25H2,1-6H3,(H,42,46)/t32-/m0/s1. The summed E-state index contributed by atoms with van der Waals surface area (Å²) in [5.74, 6) is -2.03. The number of ether oxygens (including phenoxy) is 3. The van der Waals surface area contributed by atoms with Gasteiger partial charge in [-0.05, 0) is 94.3 Å². The number of alkyl carbamates (subject to hydrolysis) is 1. The van der Waals surface area contributed by atoms with Gasteiger partial charge in [0.15, 0.2) is 27.2 Å². The number of halogens is 2. The van der Waals surface area contributed by atoms with Crippen molar-refractivity contribution in [3.05, 3.63) is 84.2 Å². The second kappa shape index (κ2) is 16.4. The van der Waals surface area contributed by atoms with E-state index in [-0.39, 0.29) is 55.3 Å². The van der Waals surface area contributed by atoms with Gasteiger partial charge in [0.25, 0.3) is 0 Å². The topological polar surface area (TPSA) is 129 Å². The Morgan fingerprint density at radius 2 is 1.66 bits per heavy atom. The summed E-state index contributed by atoms with van der Waals surface area (Å²) in [4.78, 5) is 32.8. The third kappa shape index (κ3) is 10.5. The molecule has 1 aliphatic heterocycles. The Kier molecular flexibility index (Phi) is 12.4. The van der Waals surface area contributed by atoms with Gasteiger partial charge in [0.1, 0.15) is 29.8 Å². The van der Waals surface area contributed by atoms with Crippen molar-refractivity contribution in [1.29, 1.82) is 0 Å². The van der Waals surface area contributed by atoms with E-state index >= 15 is 8.78 Å². The zero-order chi connectivity index (χ0) is 38.6. The number of benzene rings is 2. The van der Waals surface area contributed by atoms with Crippen LogP contribution in [0.25, 0.3) is 11.0 Å². The number of nitrogens with zero attached hydrogens (tertiary/aromatic N) is 3. The molecule has 3 heterocycles. The van der Waals surface area contributed by atoms with Gasteiger partial charge >= 0.3 is 6.09 Å². The van der Waals surface area contributed by atoms with Crippen LogP contribution < -0.4 is 10.1 Å². The first-order chi connectivity index (χ1) is 24.9. The van der Waals surface area contributed by atoms with Gasteiger partial charge in [-0.15, -0.1) is 0 Å². The molecule has 1 fully saturated rings. The monoisotopic (exact) mass is 774 g/mol. The number of hydrogen-bond donors (Lipinski definition) is 1. The minimum atomic E-state index is -3.61. The molecule has 2 aromatic carbocycles. The first-order valence-electron chi connectivity index (χ1n) is 17.3. The van der Waals surface area contributed by atoms with Crippen LogP contribution in [0.1, 0.15) is 39.2 Å². The molecule has 1 N–H and O–H groups in total. The van der Waals surface area contributed by atoms with Gasteiger partial charge in [-0.25, -0.2) is 37.0 Å². The molecule has 0 spiro atoms. The van der Waals surface area contributed by atoms with Crippen LogP contribution in [0.4, 0.5) is 13.6 Å². The lowest BCUT2D eigenvalue weighted by atomic mass is 10.0. The summed E-state index contributed by atoms with van der Waals surface area (Å²) in [6.07, 6.45) is 9.12. The molecule has 0 bridgehead atoms. The zero-order valence-corrected chi connectivity index (χ0v) is 32.6. The number of aromatic nitrogens is 2. The number of pyridine rings is 1. The van der Waals surface area contributed by atoms with Crippen LogP contribution in [0.3, 0.4) is 0 Å². The van der Waals surface area contributed by atoms with Gasteiger partial charge in [0, 0.05) is 37.7 Å². The molecule has 53 heavy (non-hydrogen) atoms. The van der Waals surface area contributed by atoms with E-state index in [1.807, 2.05) is 0 Å². The Morgan fingerprint density at radius 3 is 2.28 bits per heavy atom. The van der Waals surface area contributed by atoms with Gasteiger partial charge in [0.05, 0.1) is 22.1 Å². The van der Waals surface area contributed by atoms with Gasteiger partial charge in [-0.2, -0.15) is 0 Å². The number of rotatable bonds is 13. The molecular formula is C38H48F2N4O7S2. The molecule has 5 rings (SSSR count). The average molecular weight is 775 g/mol. The summed E-state index contributed by atoms with van der Waals surface area (Å²) >= 11 is 0. The number of fused-ring (bicyclic) bond motifs is 1. The lowest BCUT2D eigenvalue weighted by Crippen LogP contribution is -2.53. The predicted molar refractivity (Wildman–Crippen MR) is 202 cm³/mol. The summed E-state index contributed by atoms with van der Waals surface area (Å²) < 4.78 is 76.4. The minimum absolute atomic E-state index is 0.0866. The molecule has 0 aliphatic carbocycles. The van der Waals surface area contributed by atoms with Crippen molar-refractivity contribution in [3.8, 4) is 11.5 Å². The van der Waals surface area contributed by atoms with Crippen LogP contribution in [0.2, 0.25) is 0 Å². The maximum Gasteiger partial charge on any atom is 0.408 e. The Labute approximate surface area is 311 Å². The summed E-state index contributed by atoms with van der Waals surface area (Å²) in [7, 11) is -4.31. The first kappa shape index (κ1) is 40.0. The fraction of sp³-hybridized carbons (Fsp3) is 0.447. The maximum atomic E-state index is 15.6. The Hall–Kier alpha value is -4.21. The summed E-state index contributed by atoms with van der Waals surface area (Å²) in [6, 6.07) is 12.2. The number of amides is 2. The van der Waals surface area contributed by atoms with Crippen molar-refractivity contribution >= 4 is 42.9 Å². The lowest BCUT2D eigenvalue weighted by molar-refractivity contribution is -0.134. The van der Waals surface area contributed by atoms with Crippen molar-refractivity contribution in [2.24, 2.45) is 0 Å². The van der Waals surface area contributed by atoms with Crippen molar-refractivity contribution in [3.63, 3.8) is 0 Å². The molecule has 11 nitrogen and oxygen atoms in total. The quantitative estimate of drug-likeness (QED) is 0.149. The minimum Gasteiger partial charge on any atom is -0.450 e. The lowest BCUT2D eigenvalue weighted by Gasteiger charge is -2.34. The summed E-state index contributed by atoms with van der Waals surface area (Å²) in [5.41, 5.74) is -0.263. The number of carbonyl (C=O) groups excluding carboxylic acids is 2. The molecule has 288 valence electrons. The third-order valence-electron chi connectivity index (χ3n) is 8.66. The number of carbonyl (C=O) groups is 2. The highest BCUT2D eigenvalue weighted by Gasteiger charge is 2.36. The van der Waals surface area contributed by atoms with E-state index in [4.69, 9.17) is 14.2 Å². The molecule has 0 saturated carbocycles. The molecule has 4 aromatic rings. The maximum absolute atomic E-state index is 15.6. The smallest absolute Gasteiger partial charge is 0.408 e. The van der Waals surface area contributed by atoms with E-state index in [1.54, 1.807) is 67.9 Å². The van der Waals surface area contributed by atoms with Crippen molar-refractivity contribution < 1.29 is 41.0 Å². The first-order valence-corrected chi connectivity index (χ1v) is 21.9. The van der Waals surface area contributed by atoms with Crippen LogP contribution in [-0.2, 0) is 37.3 Å². The highest BCUT2D eigenvalue weighted by molar-refractivity contribution is 8.32. The molecule has 1 aliphatic rings. The van der Waals surface area contributed by atoms with E-state index in [2.05, 4.69) is 29.1 Å². The van der Waals surface area contributed by atoms with E-state index in [9.17, 15) is 18.0 Å². The SMILES string of the molecule is CC(C)(C)OC(=O)N[C@@H](Cc1cc(F)c(Oc2ccnc3c2ccn3COCCS(C)(C)C)c(F)c1)C(=O)N1CCC(S(=O)(=O)c2ccccc2)CC1. The largest absolute Gasteiger partial charge is 0.450 e. The van der Waals surface area contributed by atoms with Gasteiger partial charge in [-0.3, -0.25) is 4.79 Å². The predicted octanol–water partition coefficient (Wildman–Crippen LogP) is 6.68. The van der Waals surface area contributed by atoms with Crippen molar-refractivity contribution in [2.75, 3.05) is 44.2 Å². The van der Waals surface area contributed by atoms with E-state index in [0.717, 1.165) is 17.9 Å². The number of nitrogens with one attached hydrogen (secondary N) is 1. The number of sulfone groups is 1. The van der Waals surface area contributed by atoms with Crippen LogP contribution in [0.5, 0.6) is 11.5 Å². The van der Waals surface area contributed by atoms with Crippen LogP contribution in [0.15, 0.2) is 71.9 Å². The molecule has 2 aromatic heterocycles. The normalized spacial score (nSPS) is 15.3. The average Bonchev–Trinajstić information content (AvgIpc) is 3.50. The van der Waals surface area contributed by atoms with Gasteiger partial charge in [-0.1, -0.05) is 18.2 Å². The van der Waals surface area contributed by atoms with E-state index in [1.165, 1.54) is 17.2 Å². The van der Waals surface area contributed by atoms with Crippen molar-refractivity contribution in [1.82, 2.24) is 19.8 Å². The molecule has 2 amide bonds. The van der Waals surface area contributed by atoms with Crippen molar-refractivity contribution in [2.45, 2.75) is 68.6 Å². The summed E-state index contributed by atoms with van der Waals surface area (Å²) in [6.45, 7) is 6.08. The number of hydrogen-bond acceptors (Lipinski definition) is 8. The van der Waals surface area contributed by atoms with Crippen LogP contribution in [0, 0.1) is 11.6 Å². The fourth-order valence-electron chi connectivity index (χ4n) is 5.96.